The van der Waals surface area contributed by atoms with Gasteiger partial charge in [-0.2, -0.15) is 5.26 Å². The zero-order valence-electron chi connectivity index (χ0n) is 14.9. The fraction of sp³-hybridized carbons (Fsp3) is 0.471. The summed E-state index contributed by atoms with van der Waals surface area (Å²) in [5, 5.41) is 11.8. The fourth-order valence-corrected chi connectivity index (χ4v) is 3.36. The van der Waals surface area contributed by atoms with Crippen molar-refractivity contribution in [2.75, 3.05) is 20.7 Å². The first-order chi connectivity index (χ1) is 12.1. The highest BCUT2D eigenvalue weighted by molar-refractivity contribution is 7.89. The number of carbonyl (C=O) groups is 2. The number of carbonyl (C=O) groups excluding carboxylic acids is 2. The number of esters is 1. The molecule has 1 atom stereocenters. The van der Waals surface area contributed by atoms with Gasteiger partial charge in [-0.15, -0.1) is 0 Å². The van der Waals surface area contributed by atoms with Crippen molar-refractivity contribution in [2.45, 2.75) is 30.2 Å². The van der Waals surface area contributed by atoms with E-state index in [4.69, 9.17) is 4.74 Å². The van der Waals surface area contributed by atoms with E-state index in [-0.39, 0.29) is 16.4 Å². The lowest BCUT2D eigenvalue weighted by molar-refractivity contribution is -0.125. The molecule has 0 aromatic heterocycles. The zero-order chi connectivity index (χ0) is 19.5. The molecule has 1 aromatic carbocycles. The van der Waals surface area contributed by atoms with Gasteiger partial charge in [-0.3, -0.25) is 4.79 Å². The summed E-state index contributed by atoms with van der Waals surface area (Å²) in [5.41, 5.74) is -0.950. The van der Waals surface area contributed by atoms with Gasteiger partial charge >= 0.3 is 5.97 Å². The van der Waals surface area contributed by atoms with Crippen LogP contribution in [-0.2, 0) is 19.6 Å². The van der Waals surface area contributed by atoms with Gasteiger partial charge in [0.15, 0.2) is 6.61 Å². The topological polar surface area (TPSA) is 117 Å². The maximum absolute atomic E-state index is 12.1. The molecular formula is C17H21N3O5S. The lowest BCUT2D eigenvalue weighted by atomic mass is 9.98. The molecule has 0 bridgehead atoms. The average Bonchev–Trinajstić information content (AvgIpc) is 3.45. The van der Waals surface area contributed by atoms with Gasteiger partial charge in [-0.1, -0.05) is 6.07 Å². The molecular weight excluding hydrogens is 358 g/mol. The van der Waals surface area contributed by atoms with Crippen LogP contribution in [0.3, 0.4) is 0 Å². The molecule has 1 amide bonds. The Morgan fingerprint density at radius 1 is 1.38 bits per heavy atom. The van der Waals surface area contributed by atoms with Gasteiger partial charge in [0.25, 0.3) is 5.91 Å². The highest BCUT2D eigenvalue weighted by Gasteiger charge is 2.43. The number of nitrogens with zero attached hydrogens (tertiary/aromatic N) is 2. The summed E-state index contributed by atoms with van der Waals surface area (Å²) in [7, 11) is -0.913. The zero-order valence-corrected chi connectivity index (χ0v) is 15.7. The van der Waals surface area contributed by atoms with Crippen LogP contribution in [-0.4, -0.2) is 50.8 Å². The van der Waals surface area contributed by atoms with Gasteiger partial charge in [0.2, 0.25) is 10.0 Å². The minimum absolute atomic E-state index is 0.0194. The maximum Gasteiger partial charge on any atom is 0.338 e. The van der Waals surface area contributed by atoms with E-state index < -0.39 is 34.0 Å². The minimum atomic E-state index is -3.68. The standard InChI is InChI=1S/C17H21N3O5S/c1-17(11-18,13-7-8-13)19-15(21)10-25-16(22)12-5-4-6-14(9-12)26(23,24)20(2)3/h4-6,9,13H,7-8,10H2,1-3H3,(H,19,21)/t17-/m1/s1. The van der Waals surface area contributed by atoms with Crippen molar-refractivity contribution in [2.24, 2.45) is 5.92 Å². The summed E-state index contributed by atoms with van der Waals surface area (Å²) in [6.07, 6.45) is 1.74. The number of nitrogens with one attached hydrogen (secondary N) is 1. The predicted octanol–water partition coefficient (Wildman–Crippen LogP) is 0.902. The summed E-state index contributed by atoms with van der Waals surface area (Å²) >= 11 is 0. The van der Waals surface area contributed by atoms with E-state index in [0.717, 1.165) is 17.1 Å². The van der Waals surface area contributed by atoms with E-state index in [9.17, 15) is 23.3 Å². The van der Waals surface area contributed by atoms with Crippen LogP contribution >= 0.6 is 0 Å². The quantitative estimate of drug-likeness (QED) is 0.704. The number of ether oxygens (including phenoxy) is 1. The first-order valence-corrected chi connectivity index (χ1v) is 9.46. The molecule has 1 aromatic rings. The molecule has 0 saturated heterocycles. The van der Waals surface area contributed by atoms with Crippen LogP contribution in [0.4, 0.5) is 0 Å². The third-order valence-electron chi connectivity index (χ3n) is 4.21. The molecule has 0 unspecified atom stereocenters. The van der Waals surface area contributed by atoms with Gasteiger partial charge in [0, 0.05) is 14.1 Å². The van der Waals surface area contributed by atoms with Crippen LogP contribution < -0.4 is 5.32 Å². The Hall–Kier alpha value is -2.44. The normalized spacial score (nSPS) is 16.4. The van der Waals surface area contributed by atoms with E-state index in [0.29, 0.717) is 0 Å². The molecule has 1 aliphatic rings. The van der Waals surface area contributed by atoms with Gasteiger partial charge in [0.1, 0.15) is 5.54 Å². The van der Waals surface area contributed by atoms with Crippen molar-refractivity contribution >= 4 is 21.9 Å². The molecule has 9 heteroatoms. The molecule has 1 aliphatic carbocycles. The Labute approximate surface area is 152 Å². The first-order valence-electron chi connectivity index (χ1n) is 8.02. The van der Waals surface area contributed by atoms with E-state index in [1.807, 2.05) is 0 Å². The lowest BCUT2D eigenvalue weighted by Gasteiger charge is -2.22. The summed E-state index contributed by atoms with van der Waals surface area (Å²) in [6.45, 7) is 1.09. The molecule has 0 radical (unpaired) electrons. The van der Waals surface area contributed by atoms with Crippen molar-refractivity contribution in [1.29, 1.82) is 5.26 Å². The molecule has 26 heavy (non-hydrogen) atoms. The number of sulfonamides is 1. The van der Waals surface area contributed by atoms with Crippen molar-refractivity contribution in [3.05, 3.63) is 29.8 Å². The van der Waals surface area contributed by atoms with Gasteiger partial charge in [-0.05, 0) is 43.9 Å². The fourth-order valence-electron chi connectivity index (χ4n) is 2.42. The SMILES string of the molecule is CN(C)S(=O)(=O)c1cccc(C(=O)OCC(=O)N[C@](C)(C#N)C2CC2)c1. The van der Waals surface area contributed by atoms with E-state index in [2.05, 4.69) is 11.4 Å². The van der Waals surface area contributed by atoms with E-state index in [1.165, 1.54) is 38.4 Å². The molecule has 2 rings (SSSR count). The summed E-state index contributed by atoms with van der Waals surface area (Å²) in [5.74, 6) is -1.28. The van der Waals surface area contributed by atoms with Crippen LogP contribution in [0.2, 0.25) is 0 Å². The first kappa shape index (κ1) is 19.9. The maximum atomic E-state index is 12.1. The van der Waals surface area contributed by atoms with Gasteiger partial charge in [0.05, 0.1) is 16.5 Å². The third kappa shape index (κ3) is 4.39. The van der Waals surface area contributed by atoms with Gasteiger partial charge < -0.3 is 10.1 Å². The number of rotatable bonds is 7. The Morgan fingerprint density at radius 3 is 2.58 bits per heavy atom. The average molecular weight is 379 g/mol. The Balaban J connectivity index is 2.00. The summed E-state index contributed by atoms with van der Waals surface area (Å²) in [6, 6.07) is 7.47. The molecule has 8 nitrogen and oxygen atoms in total. The molecule has 0 heterocycles. The third-order valence-corrected chi connectivity index (χ3v) is 6.02. The van der Waals surface area contributed by atoms with Crippen LogP contribution in [0.1, 0.15) is 30.1 Å². The monoisotopic (exact) mass is 379 g/mol. The van der Waals surface area contributed by atoms with Crippen LogP contribution in [0, 0.1) is 17.2 Å². The summed E-state index contributed by atoms with van der Waals surface area (Å²) in [4.78, 5) is 24.0. The number of hydrogen-bond acceptors (Lipinski definition) is 6. The lowest BCUT2D eigenvalue weighted by Crippen LogP contribution is -2.48. The van der Waals surface area contributed by atoms with E-state index >= 15 is 0 Å². The Morgan fingerprint density at radius 2 is 2.04 bits per heavy atom. The molecule has 1 fully saturated rings. The van der Waals surface area contributed by atoms with Crippen LogP contribution in [0.5, 0.6) is 0 Å². The van der Waals surface area contributed by atoms with Crippen molar-refractivity contribution in [1.82, 2.24) is 9.62 Å². The van der Waals surface area contributed by atoms with Crippen LogP contribution in [0.15, 0.2) is 29.2 Å². The van der Waals surface area contributed by atoms with Crippen molar-refractivity contribution < 1.29 is 22.7 Å². The minimum Gasteiger partial charge on any atom is -0.452 e. The number of nitriles is 1. The number of benzene rings is 1. The molecule has 1 N–H and O–H groups in total. The Bertz CT molecular complexity index is 855. The Kier molecular flexibility index (Phi) is 5.68. The van der Waals surface area contributed by atoms with Gasteiger partial charge in [-0.25, -0.2) is 17.5 Å². The van der Waals surface area contributed by atoms with Crippen molar-refractivity contribution in [3.63, 3.8) is 0 Å². The highest BCUT2D eigenvalue weighted by atomic mass is 32.2. The summed E-state index contributed by atoms with van der Waals surface area (Å²) < 4.78 is 30.2. The van der Waals surface area contributed by atoms with Crippen LogP contribution in [0.25, 0.3) is 0 Å². The van der Waals surface area contributed by atoms with Crippen molar-refractivity contribution in [3.8, 4) is 6.07 Å². The second-order valence-electron chi connectivity index (χ2n) is 6.53. The van der Waals surface area contributed by atoms with E-state index in [1.54, 1.807) is 6.92 Å². The largest absolute Gasteiger partial charge is 0.452 e. The molecule has 140 valence electrons. The molecule has 0 spiro atoms. The smallest absolute Gasteiger partial charge is 0.338 e. The second-order valence-corrected chi connectivity index (χ2v) is 8.68. The molecule has 0 aliphatic heterocycles. The number of hydrogen-bond donors (Lipinski definition) is 1. The predicted molar refractivity (Wildman–Crippen MR) is 92.5 cm³/mol. The molecule has 1 saturated carbocycles. The highest BCUT2D eigenvalue weighted by Crippen LogP contribution is 2.39. The second kappa shape index (κ2) is 7.43. The number of amides is 1.